The van der Waals surface area contributed by atoms with Crippen LogP contribution in [0.3, 0.4) is 0 Å². The summed E-state index contributed by atoms with van der Waals surface area (Å²) in [5.41, 5.74) is 1.63. The molecular formula is C14H13Cl2IN2O2. The molecule has 1 aromatic heterocycles. The monoisotopic (exact) mass is 438 g/mol. The molecule has 112 valence electrons. The third-order valence-electron chi connectivity index (χ3n) is 2.91. The fraction of sp³-hybridized carbons (Fsp3) is 0.286. The Bertz CT molecular complexity index is 681. The molecule has 0 unspecified atom stereocenters. The molecule has 0 fully saturated rings. The summed E-state index contributed by atoms with van der Waals surface area (Å²) in [6.07, 6.45) is 0.772. The van der Waals surface area contributed by atoms with Crippen LogP contribution in [0.4, 0.5) is 0 Å². The Morgan fingerprint density at radius 2 is 1.86 bits per heavy atom. The van der Waals surface area contributed by atoms with Gasteiger partial charge in [0.15, 0.2) is 17.3 Å². The van der Waals surface area contributed by atoms with E-state index in [0.717, 1.165) is 21.2 Å². The van der Waals surface area contributed by atoms with Gasteiger partial charge < -0.3 is 9.47 Å². The Labute approximate surface area is 146 Å². The Morgan fingerprint density at radius 3 is 2.43 bits per heavy atom. The maximum atomic E-state index is 6.21. The topological polar surface area (TPSA) is 44.2 Å². The summed E-state index contributed by atoms with van der Waals surface area (Å²) in [5, 5.41) is 0.867. The van der Waals surface area contributed by atoms with E-state index in [2.05, 4.69) is 32.6 Å². The molecule has 0 amide bonds. The third-order valence-corrected chi connectivity index (χ3v) is 4.91. The molecule has 2 rings (SSSR count). The molecule has 0 saturated heterocycles. The van der Waals surface area contributed by atoms with E-state index in [-0.39, 0.29) is 0 Å². The summed E-state index contributed by atoms with van der Waals surface area (Å²) in [6, 6.07) is 3.52. The molecular weight excluding hydrogens is 426 g/mol. The molecule has 0 aliphatic rings. The van der Waals surface area contributed by atoms with Gasteiger partial charge in [0.05, 0.1) is 28.5 Å². The Morgan fingerprint density at radius 1 is 1.14 bits per heavy atom. The summed E-state index contributed by atoms with van der Waals surface area (Å²) in [7, 11) is 3.09. The zero-order chi connectivity index (χ0) is 15.6. The van der Waals surface area contributed by atoms with Gasteiger partial charge in [-0.15, -0.1) is 0 Å². The first-order valence-corrected chi connectivity index (χ1v) is 7.99. The van der Waals surface area contributed by atoms with E-state index in [0.29, 0.717) is 27.5 Å². The maximum absolute atomic E-state index is 6.21. The van der Waals surface area contributed by atoms with Crippen molar-refractivity contribution < 1.29 is 9.47 Å². The van der Waals surface area contributed by atoms with Crippen LogP contribution in [0.25, 0.3) is 11.4 Å². The summed E-state index contributed by atoms with van der Waals surface area (Å²) in [6.45, 7) is 2.02. The van der Waals surface area contributed by atoms with Crippen molar-refractivity contribution in [1.29, 1.82) is 0 Å². The van der Waals surface area contributed by atoms with Crippen LogP contribution in [0.2, 0.25) is 10.2 Å². The fourth-order valence-electron chi connectivity index (χ4n) is 1.87. The van der Waals surface area contributed by atoms with Crippen LogP contribution in [0.1, 0.15) is 12.6 Å². The lowest BCUT2D eigenvalue weighted by molar-refractivity contribution is 0.355. The molecule has 1 aromatic carbocycles. The van der Waals surface area contributed by atoms with E-state index >= 15 is 0 Å². The lowest BCUT2D eigenvalue weighted by Crippen LogP contribution is -2.00. The molecule has 4 nitrogen and oxygen atoms in total. The van der Waals surface area contributed by atoms with Gasteiger partial charge in [-0.1, -0.05) is 30.1 Å². The van der Waals surface area contributed by atoms with Crippen LogP contribution < -0.4 is 9.47 Å². The van der Waals surface area contributed by atoms with Crippen molar-refractivity contribution >= 4 is 45.8 Å². The number of halogens is 3. The van der Waals surface area contributed by atoms with Crippen molar-refractivity contribution in [2.75, 3.05) is 14.2 Å². The van der Waals surface area contributed by atoms with Gasteiger partial charge in [-0.25, -0.2) is 9.97 Å². The average molecular weight is 439 g/mol. The number of ether oxygens (including phenoxy) is 2. The number of aromatic nitrogens is 2. The summed E-state index contributed by atoms with van der Waals surface area (Å²) < 4.78 is 11.4. The Hall–Kier alpha value is -0.790. The van der Waals surface area contributed by atoms with Gasteiger partial charge in [0, 0.05) is 5.56 Å². The molecule has 0 atom stereocenters. The number of hydrogen-bond acceptors (Lipinski definition) is 4. The van der Waals surface area contributed by atoms with E-state index in [1.54, 1.807) is 19.2 Å². The van der Waals surface area contributed by atoms with Crippen LogP contribution >= 0.6 is 45.8 Å². The largest absolute Gasteiger partial charge is 0.493 e. The van der Waals surface area contributed by atoms with Crippen molar-refractivity contribution in [3.8, 4) is 22.9 Å². The van der Waals surface area contributed by atoms with Crippen molar-refractivity contribution in [2.45, 2.75) is 13.3 Å². The highest BCUT2D eigenvalue weighted by Gasteiger charge is 2.16. The number of aryl methyl sites for hydroxylation is 1. The van der Waals surface area contributed by atoms with E-state index < -0.39 is 0 Å². The molecule has 21 heavy (non-hydrogen) atoms. The third kappa shape index (κ3) is 3.35. The van der Waals surface area contributed by atoms with Crippen LogP contribution in [-0.4, -0.2) is 24.2 Å². The molecule has 0 bridgehead atoms. The predicted octanol–water partition coefficient (Wildman–Crippen LogP) is 4.63. The molecule has 0 N–H and O–H groups in total. The van der Waals surface area contributed by atoms with Gasteiger partial charge in [-0.2, -0.15) is 0 Å². The number of nitrogens with zero attached hydrogens (tertiary/aromatic N) is 2. The first kappa shape index (κ1) is 16.6. The molecule has 0 aliphatic carbocycles. The van der Waals surface area contributed by atoms with Gasteiger partial charge >= 0.3 is 0 Å². The molecule has 7 heteroatoms. The minimum Gasteiger partial charge on any atom is -0.493 e. The highest BCUT2D eigenvalue weighted by Crippen LogP contribution is 2.38. The van der Waals surface area contributed by atoms with Crippen molar-refractivity contribution in [1.82, 2.24) is 9.97 Å². The van der Waals surface area contributed by atoms with Crippen molar-refractivity contribution in [3.05, 3.63) is 31.6 Å². The summed E-state index contributed by atoms with van der Waals surface area (Å²) in [4.78, 5) is 8.85. The molecule has 2 aromatic rings. The zero-order valence-corrected chi connectivity index (χ0v) is 15.4. The highest BCUT2D eigenvalue weighted by atomic mass is 127. The lowest BCUT2D eigenvalue weighted by atomic mass is 10.1. The van der Waals surface area contributed by atoms with E-state index in [9.17, 15) is 0 Å². The van der Waals surface area contributed by atoms with Crippen LogP contribution in [0.5, 0.6) is 11.5 Å². The number of hydrogen-bond donors (Lipinski definition) is 0. The Kier molecular flexibility index (Phi) is 5.51. The van der Waals surface area contributed by atoms with Crippen molar-refractivity contribution in [3.63, 3.8) is 0 Å². The zero-order valence-electron chi connectivity index (χ0n) is 11.7. The lowest BCUT2D eigenvalue weighted by Gasteiger charge is -2.12. The molecule has 0 aliphatic heterocycles. The second kappa shape index (κ2) is 6.98. The van der Waals surface area contributed by atoms with Gasteiger partial charge in [-0.05, 0) is 41.1 Å². The smallest absolute Gasteiger partial charge is 0.179 e. The second-order valence-electron chi connectivity index (χ2n) is 4.15. The second-order valence-corrected chi connectivity index (χ2v) is 5.99. The molecule has 0 radical (unpaired) electrons. The van der Waals surface area contributed by atoms with Crippen LogP contribution in [0, 0.1) is 3.57 Å². The summed E-state index contributed by atoms with van der Waals surface area (Å²) in [5.74, 6) is 1.52. The molecule has 0 spiro atoms. The Balaban J connectivity index is 2.62. The van der Waals surface area contributed by atoms with Crippen molar-refractivity contribution in [2.24, 2.45) is 0 Å². The van der Waals surface area contributed by atoms with Crippen LogP contribution in [-0.2, 0) is 6.42 Å². The number of rotatable bonds is 4. The highest BCUT2D eigenvalue weighted by molar-refractivity contribution is 14.1. The number of methoxy groups -OCH3 is 2. The SMILES string of the molecule is CCc1nc(-c2cc(Cl)c(OC)c(OC)c2)nc(Cl)c1I. The molecule has 1 heterocycles. The van der Waals surface area contributed by atoms with E-state index in [4.69, 9.17) is 32.7 Å². The van der Waals surface area contributed by atoms with Gasteiger partial charge in [0.25, 0.3) is 0 Å². The maximum Gasteiger partial charge on any atom is 0.179 e. The normalized spacial score (nSPS) is 10.6. The first-order chi connectivity index (χ1) is 10.0. The standard InChI is InChI=1S/C14H13Cl2IN2O2/c1-4-9-11(17)13(16)19-14(18-9)7-5-8(15)12(21-3)10(6-7)20-2/h5-6H,4H2,1-3H3. The van der Waals surface area contributed by atoms with Gasteiger partial charge in [-0.3, -0.25) is 0 Å². The van der Waals surface area contributed by atoms with Gasteiger partial charge in [0.2, 0.25) is 0 Å². The van der Waals surface area contributed by atoms with Crippen LogP contribution in [0.15, 0.2) is 12.1 Å². The quantitative estimate of drug-likeness (QED) is 0.515. The first-order valence-electron chi connectivity index (χ1n) is 6.15. The summed E-state index contributed by atoms with van der Waals surface area (Å²) >= 11 is 14.5. The van der Waals surface area contributed by atoms with Gasteiger partial charge in [0.1, 0.15) is 5.15 Å². The fourth-order valence-corrected chi connectivity index (χ4v) is 2.97. The predicted molar refractivity (Wildman–Crippen MR) is 92.7 cm³/mol. The number of benzene rings is 1. The van der Waals surface area contributed by atoms with E-state index in [1.165, 1.54) is 7.11 Å². The minimum atomic E-state index is 0.433. The minimum absolute atomic E-state index is 0.433. The molecule has 0 saturated carbocycles. The van der Waals surface area contributed by atoms with E-state index in [1.807, 2.05) is 6.92 Å². The average Bonchev–Trinajstić information content (AvgIpc) is 2.48.